The zero-order valence-electron chi connectivity index (χ0n) is 18.1. The van der Waals surface area contributed by atoms with E-state index >= 15 is 0 Å². The Bertz CT molecular complexity index is 1300. The molecular formula is C26H20ClN3O4. The van der Waals surface area contributed by atoms with Gasteiger partial charge in [-0.25, -0.2) is 0 Å². The zero-order chi connectivity index (χ0) is 23.5. The summed E-state index contributed by atoms with van der Waals surface area (Å²) in [7, 11) is 0. The number of carbonyl (C=O) groups is 2. The molecule has 2 unspecified atom stereocenters. The average molecular weight is 474 g/mol. The van der Waals surface area contributed by atoms with Gasteiger partial charge in [0.2, 0.25) is 0 Å². The first kappa shape index (κ1) is 22.1. The third-order valence-corrected chi connectivity index (χ3v) is 6.22. The number of halogens is 1. The molecule has 1 saturated heterocycles. The summed E-state index contributed by atoms with van der Waals surface area (Å²) in [6.45, 7) is 0.696. The van der Waals surface area contributed by atoms with Crippen molar-refractivity contribution in [1.82, 2.24) is 15.3 Å². The molecule has 1 spiro atoms. The minimum absolute atomic E-state index is 0.123. The summed E-state index contributed by atoms with van der Waals surface area (Å²) in [5.41, 5.74) is 3.40. The maximum Gasteiger partial charge on any atom is 0.317 e. The number of nitrogens with zero attached hydrogens (tertiary/aromatic N) is 2. The number of esters is 2. The number of hydrogen-bond acceptors (Lipinski definition) is 7. The fraction of sp³-hybridized carbons (Fsp3) is 0.231. The number of hydrogen-bond donors (Lipinski definition) is 1. The van der Waals surface area contributed by atoms with E-state index in [1.165, 1.54) is 0 Å². The van der Waals surface area contributed by atoms with Crippen LogP contribution in [-0.2, 0) is 31.3 Å². The van der Waals surface area contributed by atoms with Crippen LogP contribution >= 0.6 is 11.6 Å². The molecule has 0 amide bonds. The van der Waals surface area contributed by atoms with Crippen LogP contribution < -0.4 is 5.32 Å². The monoisotopic (exact) mass is 473 g/mol. The van der Waals surface area contributed by atoms with Gasteiger partial charge in [0.25, 0.3) is 5.79 Å². The van der Waals surface area contributed by atoms with Crippen LogP contribution in [-0.4, -0.2) is 35.0 Å². The summed E-state index contributed by atoms with van der Waals surface area (Å²) in [6.07, 6.45) is 6.93. The Morgan fingerprint density at radius 2 is 1.71 bits per heavy atom. The van der Waals surface area contributed by atoms with Crippen LogP contribution in [0.1, 0.15) is 40.2 Å². The largest absolute Gasteiger partial charge is 0.416 e. The van der Waals surface area contributed by atoms with Crippen molar-refractivity contribution in [2.75, 3.05) is 13.1 Å². The summed E-state index contributed by atoms with van der Waals surface area (Å²) in [4.78, 5) is 34.2. The van der Waals surface area contributed by atoms with Crippen molar-refractivity contribution in [2.24, 2.45) is 0 Å². The Labute approximate surface area is 201 Å². The van der Waals surface area contributed by atoms with Crippen LogP contribution in [0, 0.1) is 11.8 Å². The van der Waals surface area contributed by atoms with Gasteiger partial charge in [-0.1, -0.05) is 23.4 Å². The number of aromatic nitrogens is 2. The Balaban J connectivity index is 1.59. The first-order chi connectivity index (χ1) is 16.6. The summed E-state index contributed by atoms with van der Waals surface area (Å²) in [5, 5.41) is 3.71. The fourth-order valence-electron chi connectivity index (χ4n) is 4.26. The normalized spacial score (nSPS) is 21.9. The van der Waals surface area contributed by atoms with E-state index in [4.69, 9.17) is 21.1 Å². The molecule has 170 valence electrons. The van der Waals surface area contributed by atoms with Crippen molar-refractivity contribution in [3.05, 3.63) is 94.0 Å². The lowest BCUT2D eigenvalue weighted by atomic mass is 9.93. The van der Waals surface area contributed by atoms with E-state index in [2.05, 4.69) is 27.1 Å². The first-order valence-corrected chi connectivity index (χ1v) is 11.2. The minimum Gasteiger partial charge on any atom is -0.416 e. The van der Waals surface area contributed by atoms with Crippen molar-refractivity contribution in [3.63, 3.8) is 0 Å². The van der Waals surface area contributed by atoms with E-state index in [0.717, 1.165) is 11.1 Å². The molecule has 0 saturated carbocycles. The van der Waals surface area contributed by atoms with Crippen molar-refractivity contribution in [2.45, 2.75) is 24.5 Å². The summed E-state index contributed by atoms with van der Waals surface area (Å²) < 4.78 is 11.8. The lowest BCUT2D eigenvalue weighted by molar-refractivity contribution is -0.225. The lowest BCUT2D eigenvalue weighted by Crippen LogP contribution is -2.44. The molecule has 7 nitrogen and oxygen atoms in total. The van der Waals surface area contributed by atoms with Gasteiger partial charge >= 0.3 is 11.9 Å². The molecule has 1 fully saturated rings. The smallest absolute Gasteiger partial charge is 0.317 e. The highest BCUT2D eigenvalue weighted by Crippen LogP contribution is 2.40. The van der Waals surface area contributed by atoms with Crippen LogP contribution in [0.5, 0.6) is 0 Å². The SMILES string of the molecule is O=C1CC(c2ccncc2)C(=O)OC2(CNCCc3c2ccc(Cl)c3C#Cc2ccncc2)O1. The maximum absolute atomic E-state index is 13.3. The van der Waals surface area contributed by atoms with E-state index < -0.39 is 23.6 Å². The van der Waals surface area contributed by atoms with E-state index in [1.807, 2.05) is 0 Å². The molecule has 5 rings (SSSR count). The molecule has 2 aliphatic rings. The number of rotatable bonds is 1. The molecule has 0 bridgehead atoms. The highest BCUT2D eigenvalue weighted by Gasteiger charge is 2.48. The van der Waals surface area contributed by atoms with Crippen LogP contribution in [0.2, 0.25) is 5.02 Å². The molecule has 2 aromatic heterocycles. The van der Waals surface area contributed by atoms with E-state index in [-0.39, 0.29) is 13.0 Å². The third kappa shape index (κ3) is 4.26. The summed E-state index contributed by atoms with van der Waals surface area (Å²) in [5.74, 6) is 2.81. The van der Waals surface area contributed by atoms with E-state index in [9.17, 15) is 9.59 Å². The molecule has 34 heavy (non-hydrogen) atoms. The van der Waals surface area contributed by atoms with Crippen LogP contribution in [0.4, 0.5) is 0 Å². The number of fused-ring (bicyclic) bond motifs is 2. The molecule has 0 radical (unpaired) electrons. The highest BCUT2D eigenvalue weighted by molar-refractivity contribution is 6.31. The summed E-state index contributed by atoms with van der Waals surface area (Å²) in [6, 6.07) is 10.4. The van der Waals surface area contributed by atoms with Crippen molar-refractivity contribution < 1.29 is 19.1 Å². The molecule has 1 N–H and O–H groups in total. The van der Waals surface area contributed by atoms with Gasteiger partial charge in [0.1, 0.15) is 0 Å². The first-order valence-electron chi connectivity index (χ1n) is 10.8. The zero-order valence-corrected chi connectivity index (χ0v) is 18.8. The highest BCUT2D eigenvalue weighted by atomic mass is 35.5. The molecule has 3 aromatic rings. The standard InChI is InChI=1S/C26H20ClN3O4/c27-23-4-3-22-19(20(23)2-1-17-5-10-28-11-6-17)9-14-30-16-26(22)33-24(31)15-21(25(32)34-26)18-7-12-29-13-8-18/h3-8,10-13,21,30H,9,14-16H2. The van der Waals surface area contributed by atoms with Crippen molar-refractivity contribution >= 4 is 23.5 Å². The molecule has 2 atom stereocenters. The van der Waals surface area contributed by atoms with Gasteiger partial charge in [0, 0.05) is 41.5 Å². The van der Waals surface area contributed by atoms with Crippen LogP contribution in [0.25, 0.3) is 0 Å². The van der Waals surface area contributed by atoms with Gasteiger partial charge in [-0.05, 0) is 60.5 Å². The minimum atomic E-state index is -1.61. The van der Waals surface area contributed by atoms with Gasteiger partial charge in [-0.3, -0.25) is 19.6 Å². The van der Waals surface area contributed by atoms with Crippen LogP contribution in [0.15, 0.2) is 61.2 Å². The van der Waals surface area contributed by atoms with Gasteiger partial charge in [0.15, 0.2) is 0 Å². The maximum atomic E-state index is 13.3. The Morgan fingerprint density at radius 3 is 2.47 bits per heavy atom. The summed E-state index contributed by atoms with van der Waals surface area (Å²) >= 11 is 6.54. The quantitative estimate of drug-likeness (QED) is 0.429. The topological polar surface area (TPSA) is 90.4 Å². The molecule has 8 heteroatoms. The van der Waals surface area contributed by atoms with Gasteiger partial charge < -0.3 is 14.8 Å². The molecule has 4 heterocycles. The fourth-order valence-corrected chi connectivity index (χ4v) is 4.49. The number of pyridine rings is 2. The lowest BCUT2D eigenvalue weighted by Gasteiger charge is -2.32. The molecule has 1 aromatic carbocycles. The second kappa shape index (κ2) is 9.26. The Kier molecular flexibility index (Phi) is 6.01. The number of ether oxygens (including phenoxy) is 2. The third-order valence-electron chi connectivity index (χ3n) is 5.90. The van der Waals surface area contributed by atoms with Crippen molar-refractivity contribution in [3.8, 4) is 11.8 Å². The molecule has 0 aliphatic carbocycles. The second-order valence-electron chi connectivity index (χ2n) is 8.05. The molecule has 2 aliphatic heterocycles. The Morgan fingerprint density at radius 1 is 0.971 bits per heavy atom. The predicted octanol–water partition coefficient (Wildman–Crippen LogP) is 3.10. The van der Waals surface area contributed by atoms with Gasteiger partial charge in [0.05, 0.1) is 23.9 Å². The Hall–Kier alpha value is -3.73. The van der Waals surface area contributed by atoms with Gasteiger partial charge in [-0.15, -0.1) is 0 Å². The predicted molar refractivity (Wildman–Crippen MR) is 124 cm³/mol. The number of nitrogens with one attached hydrogen (secondary N) is 1. The van der Waals surface area contributed by atoms with Crippen LogP contribution in [0.3, 0.4) is 0 Å². The average Bonchev–Trinajstić information content (AvgIpc) is 3.10. The van der Waals surface area contributed by atoms with E-state index in [0.29, 0.717) is 34.7 Å². The number of carbonyl (C=O) groups excluding carboxylic acids is 2. The van der Waals surface area contributed by atoms with Crippen molar-refractivity contribution in [1.29, 1.82) is 0 Å². The van der Waals surface area contributed by atoms with E-state index in [1.54, 1.807) is 61.2 Å². The number of benzene rings is 1. The second-order valence-corrected chi connectivity index (χ2v) is 8.45. The molecular weight excluding hydrogens is 454 g/mol. The van der Waals surface area contributed by atoms with Gasteiger partial charge in [-0.2, -0.15) is 0 Å².